The summed E-state index contributed by atoms with van der Waals surface area (Å²) in [4.78, 5) is 2.21. The summed E-state index contributed by atoms with van der Waals surface area (Å²) in [5.41, 5.74) is 9.52. The molecule has 0 atom stereocenters. The number of rotatable bonds is 4. The van der Waals surface area contributed by atoms with Crippen molar-refractivity contribution in [2.75, 3.05) is 17.7 Å². The summed E-state index contributed by atoms with van der Waals surface area (Å²) in [5.74, 6) is 0.605. The van der Waals surface area contributed by atoms with E-state index in [1.54, 1.807) is 11.3 Å². The number of nitrogens with zero attached hydrogens (tertiary/aromatic N) is 2. The van der Waals surface area contributed by atoms with Gasteiger partial charge in [0.2, 0.25) is 0 Å². The molecule has 3 nitrogen and oxygen atoms in total. The number of hydrogen-bond donors (Lipinski definition) is 1. The molecule has 0 amide bonds. The van der Waals surface area contributed by atoms with Crippen molar-refractivity contribution in [2.24, 2.45) is 0 Å². The lowest BCUT2D eigenvalue weighted by molar-refractivity contribution is 0.941. The monoisotopic (exact) mass is 301 g/mol. The Hall–Kier alpha value is -1.85. The van der Waals surface area contributed by atoms with Crippen LogP contribution in [0.15, 0.2) is 47.2 Å². The normalized spacial score (nSPS) is 10.7. The van der Waals surface area contributed by atoms with Crippen LogP contribution in [0, 0.1) is 0 Å². The lowest BCUT2D eigenvalue weighted by Gasteiger charge is -2.18. The molecule has 5 heteroatoms. The van der Waals surface area contributed by atoms with Crippen LogP contribution in [0.1, 0.15) is 5.56 Å². The van der Waals surface area contributed by atoms with Gasteiger partial charge in [-0.05, 0) is 39.5 Å². The zero-order valence-corrected chi connectivity index (χ0v) is 12.7. The Morgan fingerprint density at radius 1 is 1.20 bits per heavy atom. The van der Waals surface area contributed by atoms with Gasteiger partial charge in [-0.2, -0.15) is 15.7 Å². The smallest absolute Gasteiger partial charge is 0.147 e. The quantitative estimate of drug-likeness (QED) is 0.789. The van der Waals surface area contributed by atoms with Crippen molar-refractivity contribution in [2.45, 2.75) is 6.54 Å². The van der Waals surface area contributed by atoms with Gasteiger partial charge in [-0.3, -0.25) is 0 Å². The molecule has 0 aliphatic rings. The Labute approximate surface area is 126 Å². The SMILES string of the molecule is CN(Cc1ccsc1)c1snc(N)c1-c1ccccc1. The molecule has 102 valence electrons. The van der Waals surface area contributed by atoms with Gasteiger partial charge in [0.15, 0.2) is 0 Å². The summed E-state index contributed by atoms with van der Waals surface area (Å²) < 4.78 is 4.32. The molecule has 0 saturated heterocycles. The van der Waals surface area contributed by atoms with E-state index in [0.29, 0.717) is 5.82 Å². The number of nitrogens with two attached hydrogens (primary N) is 1. The van der Waals surface area contributed by atoms with E-state index in [1.807, 2.05) is 18.2 Å². The molecule has 3 aromatic rings. The minimum atomic E-state index is 0.605. The molecule has 0 aliphatic heterocycles. The van der Waals surface area contributed by atoms with E-state index in [9.17, 15) is 0 Å². The topological polar surface area (TPSA) is 42.2 Å². The van der Waals surface area contributed by atoms with Crippen LogP contribution >= 0.6 is 22.9 Å². The third kappa shape index (κ3) is 2.55. The maximum atomic E-state index is 6.06. The molecule has 20 heavy (non-hydrogen) atoms. The molecule has 2 aromatic heterocycles. The fourth-order valence-corrected chi connectivity index (χ4v) is 3.61. The van der Waals surface area contributed by atoms with Crippen molar-refractivity contribution in [3.8, 4) is 11.1 Å². The molecular formula is C15H15N3S2. The Morgan fingerprint density at radius 2 is 2.00 bits per heavy atom. The Kier molecular flexibility index (Phi) is 3.71. The van der Waals surface area contributed by atoms with E-state index in [4.69, 9.17) is 5.73 Å². The molecule has 0 radical (unpaired) electrons. The van der Waals surface area contributed by atoms with Gasteiger partial charge in [0.25, 0.3) is 0 Å². The molecule has 0 aliphatic carbocycles. The number of thiophene rings is 1. The zero-order chi connectivity index (χ0) is 13.9. The number of aromatic nitrogens is 1. The highest BCUT2D eigenvalue weighted by Gasteiger charge is 2.17. The lowest BCUT2D eigenvalue weighted by Crippen LogP contribution is -2.15. The van der Waals surface area contributed by atoms with Crippen LogP contribution in [0.25, 0.3) is 11.1 Å². The second-order valence-corrected chi connectivity index (χ2v) is 6.13. The summed E-state index contributed by atoms with van der Waals surface area (Å²) >= 11 is 3.17. The number of nitrogen functional groups attached to an aromatic ring is 1. The van der Waals surface area contributed by atoms with Gasteiger partial charge in [0.1, 0.15) is 10.8 Å². The van der Waals surface area contributed by atoms with Gasteiger partial charge >= 0.3 is 0 Å². The fraction of sp³-hybridized carbons (Fsp3) is 0.133. The number of anilines is 2. The molecule has 0 bridgehead atoms. The highest BCUT2D eigenvalue weighted by Crippen LogP contribution is 2.39. The minimum Gasteiger partial charge on any atom is -0.382 e. The maximum Gasteiger partial charge on any atom is 0.147 e. The lowest BCUT2D eigenvalue weighted by atomic mass is 10.1. The summed E-state index contributed by atoms with van der Waals surface area (Å²) in [6.07, 6.45) is 0. The molecule has 2 heterocycles. The van der Waals surface area contributed by atoms with Crippen molar-refractivity contribution in [1.29, 1.82) is 0 Å². The van der Waals surface area contributed by atoms with Crippen LogP contribution in [0.2, 0.25) is 0 Å². The largest absolute Gasteiger partial charge is 0.382 e. The molecule has 0 spiro atoms. The molecule has 0 saturated carbocycles. The number of benzene rings is 1. The van der Waals surface area contributed by atoms with E-state index in [2.05, 4.69) is 45.3 Å². The third-order valence-corrected chi connectivity index (χ3v) is 4.82. The molecule has 2 N–H and O–H groups in total. The van der Waals surface area contributed by atoms with Crippen LogP contribution in [0.3, 0.4) is 0 Å². The van der Waals surface area contributed by atoms with E-state index < -0.39 is 0 Å². The first kappa shape index (κ1) is 13.1. The van der Waals surface area contributed by atoms with Crippen LogP contribution in [0.4, 0.5) is 10.8 Å². The molecular weight excluding hydrogens is 286 g/mol. The molecule has 0 unspecified atom stereocenters. The van der Waals surface area contributed by atoms with E-state index in [-0.39, 0.29) is 0 Å². The second kappa shape index (κ2) is 5.64. The van der Waals surface area contributed by atoms with Crippen LogP contribution in [-0.4, -0.2) is 11.4 Å². The van der Waals surface area contributed by atoms with Gasteiger partial charge in [-0.1, -0.05) is 30.3 Å². The van der Waals surface area contributed by atoms with Gasteiger partial charge in [-0.15, -0.1) is 0 Å². The maximum absolute atomic E-state index is 6.06. The zero-order valence-electron chi connectivity index (χ0n) is 11.1. The van der Waals surface area contributed by atoms with Crippen LogP contribution in [-0.2, 0) is 6.54 Å². The molecule has 1 aromatic carbocycles. The Balaban J connectivity index is 1.94. The minimum absolute atomic E-state index is 0.605. The van der Waals surface area contributed by atoms with Gasteiger partial charge in [-0.25, -0.2) is 0 Å². The van der Waals surface area contributed by atoms with Gasteiger partial charge < -0.3 is 10.6 Å². The predicted octanol–water partition coefficient (Wildman–Crippen LogP) is 4.09. The third-order valence-electron chi connectivity index (χ3n) is 3.11. The first-order chi connectivity index (χ1) is 9.75. The summed E-state index contributed by atoms with van der Waals surface area (Å²) in [6, 6.07) is 12.3. The molecule has 0 fully saturated rings. The summed E-state index contributed by atoms with van der Waals surface area (Å²) in [7, 11) is 2.08. The first-order valence-corrected chi connectivity index (χ1v) is 8.00. The van der Waals surface area contributed by atoms with E-state index in [0.717, 1.165) is 22.7 Å². The second-order valence-electron chi connectivity index (χ2n) is 4.60. The fourth-order valence-electron chi connectivity index (χ4n) is 2.16. The van der Waals surface area contributed by atoms with Crippen molar-refractivity contribution < 1.29 is 0 Å². The Bertz CT molecular complexity index is 674. The van der Waals surface area contributed by atoms with Crippen molar-refractivity contribution >= 4 is 33.7 Å². The van der Waals surface area contributed by atoms with Crippen LogP contribution in [0.5, 0.6) is 0 Å². The number of hydrogen-bond acceptors (Lipinski definition) is 5. The Morgan fingerprint density at radius 3 is 2.70 bits per heavy atom. The van der Waals surface area contributed by atoms with Crippen molar-refractivity contribution in [1.82, 2.24) is 4.37 Å². The average molecular weight is 301 g/mol. The van der Waals surface area contributed by atoms with Crippen molar-refractivity contribution in [3.05, 3.63) is 52.7 Å². The van der Waals surface area contributed by atoms with E-state index in [1.165, 1.54) is 17.1 Å². The van der Waals surface area contributed by atoms with Crippen LogP contribution < -0.4 is 10.6 Å². The highest BCUT2D eigenvalue weighted by atomic mass is 32.1. The first-order valence-electron chi connectivity index (χ1n) is 6.28. The average Bonchev–Trinajstić information content (AvgIpc) is 3.09. The van der Waals surface area contributed by atoms with E-state index >= 15 is 0 Å². The van der Waals surface area contributed by atoms with Gasteiger partial charge in [0.05, 0.1) is 5.56 Å². The van der Waals surface area contributed by atoms with Crippen molar-refractivity contribution in [3.63, 3.8) is 0 Å². The van der Waals surface area contributed by atoms with Gasteiger partial charge in [0, 0.05) is 13.6 Å². The summed E-state index contributed by atoms with van der Waals surface area (Å²) in [5, 5.41) is 5.38. The summed E-state index contributed by atoms with van der Waals surface area (Å²) in [6.45, 7) is 0.866. The highest BCUT2D eigenvalue weighted by molar-refractivity contribution is 7.11. The molecule has 3 rings (SSSR count). The standard InChI is InChI=1S/C15H15N3S2/c1-18(9-11-7-8-19-10-11)15-13(14(16)17-20-15)12-5-3-2-4-6-12/h2-8,10H,9H2,1H3,(H2,16,17). The predicted molar refractivity (Wildman–Crippen MR) is 88.4 cm³/mol.